The zero-order valence-corrected chi connectivity index (χ0v) is 20.3. The molecule has 0 unspecified atom stereocenters. The van der Waals surface area contributed by atoms with Gasteiger partial charge < -0.3 is 24.7 Å². The molecule has 0 aliphatic carbocycles. The van der Waals surface area contributed by atoms with Crippen LogP contribution in [0.4, 0.5) is 16.0 Å². The Hall–Kier alpha value is -4.99. The largest absolute Gasteiger partial charge is 0.495 e. The molecule has 0 spiro atoms. The van der Waals surface area contributed by atoms with Gasteiger partial charge in [0.1, 0.15) is 28.8 Å². The molecular weight excluding hydrogens is 475 g/mol. The maximum atomic E-state index is 14.3. The van der Waals surface area contributed by atoms with E-state index >= 15 is 0 Å². The Labute approximate surface area is 211 Å². The molecule has 1 amide bonds. The van der Waals surface area contributed by atoms with Crippen molar-refractivity contribution in [1.82, 2.24) is 24.8 Å². The molecule has 0 aliphatic heterocycles. The fourth-order valence-electron chi connectivity index (χ4n) is 3.92. The van der Waals surface area contributed by atoms with Gasteiger partial charge in [-0.25, -0.2) is 9.37 Å². The number of nitrogens with one attached hydrogen (secondary N) is 2. The monoisotopic (exact) mass is 498 g/mol. The highest BCUT2D eigenvalue weighted by Crippen LogP contribution is 2.34. The molecule has 9 nitrogen and oxygen atoms in total. The lowest BCUT2D eigenvalue weighted by atomic mass is 10.1. The van der Waals surface area contributed by atoms with Crippen LogP contribution in [0.3, 0.4) is 0 Å². The minimum atomic E-state index is -0.412. The van der Waals surface area contributed by atoms with Crippen LogP contribution in [-0.2, 0) is 7.05 Å². The molecule has 0 bridgehead atoms. The van der Waals surface area contributed by atoms with Crippen LogP contribution in [0.1, 0.15) is 10.5 Å². The quantitative estimate of drug-likeness (QED) is 0.323. The summed E-state index contributed by atoms with van der Waals surface area (Å²) in [5.74, 6) is 1.46. The molecule has 186 valence electrons. The van der Waals surface area contributed by atoms with Gasteiger partial charge in [-0.15, -0.1) is 0 Å². The number of anilines is 2. The van der Waals surface area contributed by atoms with E-state index in [0.29, 0.717) is 45.5 Å². The maximum Gasteiger partial charge on any atom is 0.269 e. The number of hydrogen-bond donors (Lipinski definition) is 2. The molecule has 0 aliphatic rings. The number of aryl methyl sites for hydroxylation is 1. The number of hydrogen-bond acceptors (Lipinski definition) is 7. The Morgan fingerprint density at radius 1 is 1.03 bits per heavy atom. The first kappa shape index (κ1) is 23.7. The van der Waals surface area contributed by atoms with Gasteiger partial charge in [0.15, 0.2) is 0 Å². The number of ether oxygens (including phenoxy) is 2. The number of aromatic nitrogens is 4. The SMILES string of the molecule is CNC(=O)c1cc(Oc2ccc3c(c2)nc(Nc2cc(-c4ccncc4F)ccc2OC)n3C)ccn1. The third-order valence-corrected chi connectivity index (χ3v) is 5.81. The fraction of sp³-hybridized carbons (Fsp3) is 0.111. The molecule has 2 N–H and O–H groups in total. The highest BCUT2D eigenvalue weighted by molar-refractivity contribution is 5.92. The lowest BCUT2D eigenvalue weighted by molar-refractivity contribution is 0.0958. The van der Waals surface area contributed by atoms with E-state index in [0.717, 1.165) is 5.52 Å². The van der Waals surface area contributed by atoms with Crippen molar-refractivity contribution in [2.24, 2.45) is 7.05 Å². The van der Waals surface area contributed by atoms with Crippen molar-refractivity contribution in [2.45, 2.75) is 0 Å². The third kappa shape index (κ3) is 4.76. The predicted molar refractivity (Wildman–Crippen MR) is 138 cm³/mol. The summed E-state index contributed by atoms with van der Waals surface area (Å²) in [4.78, 5) is 24.5. The van der Waals surface area contributed by atoms with Gasteiger partial charge in [0.25, 0.3) is 5.91 Å². The summed E-state index contributed by atoms with van der Waals surface area (Å²) in [6, 6.07) is 15.7. The van der Waals surface area contributed by atoms with E-state index in [1.807, 2.05) is 23.7 Å². The highest BCUT2D eigenvalue weighted by Gasteiger charge is 2.14. The first-order valence-corrected chi connectivity index (χ1v) is 11.3. The summed E-state index contributed by atoms with van der Waals surface area (Å²) in [5.41, 5.74) is 3.55. The predicted octanol–water partition coefficient (Wildman–Crippen LogP) is 5.07. The number of halogens is 1. The number of benzene rings is 2. The van der Waals surface area contributed by atoms with Gasteiger partial charge in [-0.1, -0.05) is 6.07 Å². The third-order valence-electron chi connectivity index (χ3n) is 5.81. The second-order valence-electron chi connectivity index (χ2n) is 8.10. The molecule has 0 saturated carbocycles. The van der Waals surface area contributed by atoms with Crippen LogP contribution >= 0.6 is 0 Å². The Morgan fingerprint density at radius 2 is 1.86 bits per heavy atom. The molecule has 5 rings (SSSR count). The smallest absolute Gasteiger partial charge is 0.269 e. The van der Waals surface area contributed by atoms with Gasteiger partial charge >= 0.3 is 0 Å². The number of amides is 1. The lowest BCUT2D eigenvalue weighted by Crippen LogP contribution is -2.18. The second kappa shape index (κ2) is 9.94. The summed E-state index contributed by atoms with van der Waals surface area (Å²) in [7, 11) is 5.00. The summed E-state index contributed by atoms with van der Waals surface area (Å²) >= 11 is 0. The minimum absolute atomic E-state index is 0.258. The molecule has 0 atom stereocenters. The second-order valence-corrected chi connectivity index (χ2v) is 8.10. The standard InChI is InChI=1S/C27H23FN6O3/c1-29-26(35)23-14-18(8-11-31-23)37-17-5-6-24-21(13-17)32-27(34(24)2)33-22-12-16(4-7-25(22)36-3)19-9-10-30-15-20(19)28/h4-15H,1-3H3,(H,29,35)(H,32,33). The van der Waals surface area contributed by atoms with Crippen molar-refractivity contribution in [1.29, 1.82) is 0 Å². The van der Waals surface area contributed by atoms with Crippen LogP contribution in [0.5, 0.6) is 17.2 Å². The van der Waals surface area contributed by atoms with Crippen molar-refractivity contribution in [3.05, 3.63) is 84.7 Å². The number of fused-ring (bicyclic) bond motifs is 1. The van der Waals surface area contributed by atoms with Gasteiger partial charge in [-0.2, -0.15) is 0 Å². The van der Waals surface area contributed by atoms with Crippen LogP contribution in [0.25, 0.3) is 22.2 Å². The molecule has 5 aromatic rings. The Morgan fingerprint density at radius 3 is 2.65 bits per heavy atom. The summed E-state index contributed by atoms with van der Waals surface area (Å²) in [6.45, 7) is 0. The van der Waals surface area contributed by atoms with Gasteiger partial charge in [0.2, 0.25) is 5.95 Å². The number of imidazole rings is 1. The molecule has 3 heterocycles. The number of nitrogens with zero attached hydrogens (tertiary/aromatic N) is 4. The molecular formula is C27H23FN6O3. The van der Waals surface area contributed by atoms with Gasteiger partial charge in [-0.05, 0) is 42.0 Å². The molecule has 0 saturated heterocycles. The summed E-state index contributed by atoms with van der Waals surface area (Å²) < 4.78 is 27.7. The first-order chi connectivity index (χ1) is 18.0. The molecule has 10 heteroatoms. The molecule has 2 aromatic carbocycles. The molecule has 0 radical (unpaired) electrons. The first-order valence-electron chi connectivity index (χ1n) is 11.3. The zero-order valence-electron chi connectivity index (χ0n) is 20.3. The van der Waals surface area contributed by atoms with Gasteiger partial charge in [0.05, 0.1) is 30.0 Å². The van der Waals surface area contributed by atoms with E-state index < -0.39 is 5.82 Å². The fourth-order valence-corrected chi connectivity index (χ4v) is 3.92. The van der Waals surface area contributed by atoms with E-state index in [1.54, 1.807) is 62.8 Å². The number of pyridine rings is 2. The van der Waals surface area contributed by atoms with E-state index in [2.05, 4.69) is 20.6 Å². The van der Waals surface area contributed by atoms with Crippen molar-refractivity contribution < 1.29 is 18.7 Å². The summed E-state index contributed by atoms with van der Waals surface area (Å²) in [6.07, 6.45) is 4.25. The number of methoxy groups -OCH3 is 1. The maximum absolute atomic E-state index is 14.3. The zero-order chi connectivity index (χ0) is 25.9. The van der Waals surface area contributed by atoms with Crippen molar-refractivity contribution in [2.75, 3.05) is 19.5 Å². The van der Waals surface area contributed by atoms with E-state index in [-0.39, 0.29) is 11.6 Å². The topological polar surface area (TPSA) is 103 Å². The summed E-state index contributed by atoms with van der Waals surface area (Å²) in [5, 5.41) is 5.84. The number of rotatable bonds is 7. The van der Waals surface area contributed by atoms with Crippen LogP contribution < -0.4 is 20.1 Å². The highest BCUT2D eigenvalue weighted by atomic mass is 19.1. The molecule has 0 fully saturated rings. The van der Waals surface area contributed by atoms with E-state index in [1.165, 1.54) is 12.4 Å². The Kier molecular flexibility index (Phi) is 6.38. The van der Waals surface area contributed by atoms with Crippen molar-refractivity contribution in [3.8, 4) is 28.4 Å². The van der Waals surface area contributed by atoms with Crippen molar-refractivity contribution in [3.63, 3.8) is 0 Å². The minimum Gasteiger partial charge on any atom is -0.495 e. The van der Waals surface area contributed by atoms with E-state index in [4.69, 9.17) is 14.5 Å². The van der Waals surface area contributed by atoms with Gasteiger partial charge in [0, 0.05) is 44.2 Å². The molecule has 3 aromatic heterocycles. The van der Waals surface area contributed by atoms with Crippen LogP contribution in [0.15, 0.2) is 73.2 Å². The average Bonchev–Trinajstić information content (AvgIpc) is 3.22. The van der Waals surface area contributed by atoms with Crippen LogP contribution in [0.2, 0.25) is 0 Å². The van der Waals surface area contributed by atoms with Crippen LogP contribution in [-0.4, -0.2) is 39.6 Å². The van der Waals surface area contributed by atoms with Crippen LogP contribution in [0, 0.1) is 5.82 Å². The van der Waals surface area contributed by atoms with Crippen molar-refractivity contribution >= 4 is 28.6 Å². The normalized spacial score (nSPS) is 10.8. The Balaban J connectivity index is 1.45. The number of carbonyl (C=O) groups is 1. The molecule has 37 heavy (non-hydrogen) atoms. The van der Waals surface area contributed by atoms with Gasteiger partial charge in [-0.3, -0.25) is 14.8 Å². The average molecular weight is 499 g/mol. The van der Waals surface area contributed by atoms with E-state index in [9.17, 15) is 9.18 Å². The Bertz CT molecular complexity index is 1620. The lowest BCUT2D eigenvalue weighted by Gasteiger charge is -2.13. The number of carbonyl (C=O) groups excluding carboxylic acids is 1.